The Balaban J connectivity index is 1.66. The molecule has 3 rings (SSSR count). The van der Waals surface area contributed by atoms with Crippen LogP contribution in [0.25, 0.3) is 0 Å². The SMILES string of the molecule is O=C(NCCc1ccccc1)c1cccc(C2OC(CO)C(O)C(O)C2O)c1. The monoisotopic (exact) mass is 387 g/mol. The van der Waals surface area contributed by atoms with E-state index in [4.69, 9.17) is 4.74 Å². The van der Waals surface area contributed by atoms with Crippen molar-refractivity contribution in [2.75, 3.05) is 13.2 Å². The van der Waals surface area contributed by atoms with E-state index in [0.717, 1.165) is 5.56 Å². The van der Waals surface area contributed by atoms with Crippen LogP contribution in [-0.4, -0.2) is 63.9 Å². The molecule has 7 nitrogen and oxygen atoms in total. The Labute approximate surface area is 163 Å². The van der Waals surface area contributed by atoms with Crippen molar-refractivity contribution in [1.29, 1.82) is 0 Å². The molecule has 5 N–H and O–H groups in total. The summed E-state index contributed by atoms with van der Waals surface area (Å²) in [7, 11) is 0. The first-order chi connectivity index (χ1) is 13.5. The number of hydrogen-bond donors (Lipinski definition) is 5. The van der Waals surface area contributed by atoms with E-state index < -0.39 is 37.1 Å². The van der Waals surface area contributed by atoms with Gasteiger partial charge in [0.1, 0.15) is 30.5 Å². The number of hydrogen-bond acceptors (Lipinski definition) is 6. The molecule has 0 radical (unpaired) electrons. The lowest BCUT2D eigenvalue weighted by molar-refractivity contribution is -0.231. The zero-order chi connectivity index (χ0) is 20.1. The van der Waals surface area contributed by atoms with E-state index in [0.29, 0.717) is 24.1 Å². The lowest BCUT2D eigenvalue weighted by Gasteiger charge is -2.40. The standard InChI is InChI=1S/C21H25NO6/c23-12-16-17(24)18(25)19(26)20(28-16)14-7-4-8-15(11-14)21(27)22-10-9-13-5-2-1-3-6-13/h1-8,11,16-20,23-26H,9-10,12H2,(H,22,27). The van der Waals surface area contributed by atoms with Crippen LogP contribution in [0.5, 0.6) is 0 Å². The third-order valence-corrected chi connectivity index (χ3v) is 4.91. The van der Waals surface area contributed by atoms with Crippen molar-refractivity contribution in [2.45, 2.75) is 36.9 Å². The molecule has 1 heterocycles. The van der Waals surface area contributed by atoms with Gasteiger partial charge in [-0.15, -0.1) is 0 Å². The molecule has 150 valence electrons. The van der Waals surface area contributed by atoms with E-state index in [9.17, 15) is 25.2 Å². The van der Waals surface area contributed by atoms with Crippen LogP contribution >= 0.6 is 0 Å². The molecule has 1 aliphatic heterocycles. The highest BCUT2D eigenvalue weighted by Gasteiger charge is 2.43. The molecule has 2 aromatic carbocycles. The Morgan fingerprint density at radius 1 is 0.964 bits per heavy atom. The van der Waals surface area contributed by atoms with Crippen molar-refractivity contribution in [3.63, 3.8) is 0 Å². The molecule has 28 heavy (non-hydrogen) atoms. The first-order valence-electron chi connectivity index (χ1n) is 9.24. The fourth-order valence-electron chi connectivity index (χ4n) is 3.30. The summed E-state index contributed by atoms with van der Waals surface area (Å²) in [6, 6.07) is 16.3. The average Bonchev–Trinajstić information content (AvgIpc) is 2.73. The van der Waals surface area contributed by atoms with Crippen LogP contribution in [0.3, 0.4) is 0 Å². The lowest BCUT2D eigenvalue weighted by Crippen LogP contribution is -2.55. The molecular formula is C21H25NO6. The largest absolute Gasteiger partial charge is 0.394 e. The molecule has 1 aliphatic rings. The van der Waals surface area contributed by atoms with Crippen LogP contribution < -0.4 is 5.32 Å². The van der Waals surface area contributed by atoms with Crippen LogP contribution in [0, 0.1) is 0 Å². The minimum absolute atomic E-state index is 0.262. The number of carbonyl (C=O) groups is 1. The Kier molecular flexibility index (Phi) is 6.77. The maximum absolute atomic E-state index is 12.4. The molecule has 0 saturated carbocycles. The van der Waals surface area contributed by atoms with Crippen molar-refractivity contribution < 1.29 is 30.0 Å². The van der Waals surface area contributed by atoms with Gasteiger partial charge in [0.25, 0.3) is 5.91 Å². The van der Waals surface area contributed by atoms with Gasteiger partial charge in [0.15, 0.2) is 0 Å². The Morgan fingerprint density at radius 2 is 1.71 bits per heavy atom. The predicted molar refractivity (Wildman–Crippen MR) is 102 cm³/mol. The van der Waals surface area contributed by atoms with Crippen molar-refractivity contribution in [2.24, 2.45) is 0 Å². The maximum Gasteiger partial charge on any atom is 0.251 e. The topological polar surface area (TPSA) is 119 Å². The van der Waals surface area contributed by atoms with Gasteiger partial charge in [0.05, 0.1) is 6.61 Å². The van der Waals surface area contributed by atoms with Gasteiger partial charge in [-0.2, -0.15) is 0 Å². The zero-order valence-electron chi connectivity index (χ0n) is 15.3. The molecule has 5 atom stereocenters. The smallest absolute Gasteiger partial charge is 0.251 e. The number of ether oxygens (including phenoxy) is 1. The summed E-state index contributed by atoms with van der Waals surface area (Å²) >= 11 is 0. The fourth-order valence-corrected chi connectivity index (χ4v) is 3.30. The van der Waals surface area contributed by atoms with Crippen molar-refractivity contribution in [3.05, 3.63) is 71.3 Å². The van der Waals surface area contributed by atoms with Crippen LogP contribution in [0.1, 0.15) is 27.6 Å². The number of nitrogens with one attached hydrogen (secondary N) is 1. The molecule has 0 spiro atoms. The number of aliphatic hydroxyl groups is 4. The highest BCUT2D eigenvalue weighted by Crippen LogP contribution is 2.32. The second kappa shape index (κ2) is 9.27. The molecule has 0 aliphatic carbocycles. The number of aliphatic hydroxyl groups excluding tert-OH is 4. The highest BCUT2D eigenvalue weighted by atomic mass is 16.5. The van der Waals surface area contributed by atoms with Crippen LogP contribution in [-0.2, 0) is 11.2 Å². The van der Waals surface area contributed by atoms with E-state index in [1.165, 1.54) is 0 Å². The van der Waals surface area contributed by atoms with E-state index in [1.54, 1.807) is 24.3 Å². The van der Waals surface area contributed by atoms with Gasteiger partial charge in [-0.05, 0) is 29.7 Å². The second-order valence-electron chi connectivity index (χ2n) is 6.87. The summed E-state index contributed by atoms with van der Waals surface area (Å²) in [5.41, 5.74) is 1.99. The first kappa shape index (κ1) is 20.4. The third-order valence-electron chi connectivity index (χ3n) is 4.91. The van der Waals surface area contributed by atoms with Crippen molar-refractivity contribution >= 4 is 5.91 Å². The minimum atomic E-state index is -1.46. The van der Waals surface area contributed by atoms with Crippen molar-refractivity contribution in [3.8, 4) is 0 Å². The van der Waals surface area contributed by atoms with Gasteiger partial charge in [0, 0.05) is 12.1 Å². The van der Waals surface area contributed by atoms with Crippen LogP contribution in [0.4, 0.5) is 0 Å². The number of amides is 1. The number of rotatable bonds is 6. The quantitative estimate of drug-likeness (QED) is 0.482. The molecule has 0 aromatic heterocycles. The van der Waals surface area contributed by atoms with E-state index >= 15 is 0 Å². The average molecular weight is 387 g/mol. The van der Waals surface area contributed by atoms with Gasteiger partial charge in [0.2, 0.25) is 0 Å². The number of carbonyl (C=O) groups excluding carboxylic acids is 1. The molecule has 7 heteroatoms. The first-order valence-corrected chi connectivity index (χ1v) is 9.24. The number of benzene rings is 2. The molecule has 0 bridgehead atoms. The fraction of sp³-hybridized carbons (Fsp3) is 0.381. The molecule has 1 amide bonds. The summed E-state index contributed by atoms with van der Waals surface area (Å²) < 4.78 is 5.55. The zero-order valence-corrected chi connectivity index (χ0v) is 15.3. The molecule has 5 unspecified atom stereocenters. The Hall–Kier alpha value is -2.29. The Bertz CT molecular complexity index is 781. The van der Waals surface area contributed by atoms with Gasteiger partial charge in [-0.1, -0.05) is 42.5 Å². The van der Waals surface area contributed by atoms with Crippen LogP contribution in [0.2, 0.25) is 0 Å². The highest BCUT2D eigenvalue weighted by molar-refractivity contribution is 5.94. The van der Waals surface area contributed by atoms with E-state index in [2.05, 4.69) is 5.32 Å². The van der Waals surface area contributed by atoms with Gasteiger partial charge in [-0.3, -0.25) is 4.79 Å². The third kappa shape index (κ3) is 4.57. The molecule has 1 fully saturated rings. The van der Waals surface area contributed by atoms with Gasteiger partial charge in [-0.25, -0.2) is 0 Å². The van der Waals surface area contributed by atoms with E-state index in [-0.39, 0.29) is 5.91 Å². The second-order valence-corrected chi connectivity index (χ2v) is 6.87. The summed E-state index contributed by atoms with van der Waals surface area (Å²) in [5, 5.41) is 42.3. The molecular weight excluding hydrogens is 362 g/mol. The summed E-state index contributed by atoms with van der Waals surface area (Å²) in [6.45, 7) is -0.0196. The lowest BCUT2D eigenvalue weighted by atomic mass is 9.90. The minimum Gasteiger partial charge on any atom is -0.394 e. The predicted octanol–water partition coefficient (Wildman–Crippen LogP) is 0.174. The van der Waals surface area contributed by atoms with Crippen LogP contribution in [0.15, 0.2) is 54.6 Å². The summed E-state index contributed by atoms with van der Waals surface area (Å²) in [5.74, 6) is -0.262. The van der Waals surface area contributed by atoms with Crippen molar-refractivity contribution in [1.82, 2.24) is 5.32 Å². The van der Waals surface area contributed by atoms with Gasteiger partial charge >= 0.3 is 0 Å². The molecule has 1 saturated heterocycles. The molecule has 2 aromatic rings. The summed E-state index contributed by atoms with van der Waals surface area (Å²) in [6.07, 6.45) is -5.51. The maximum atomic E-state index is 12.4. The Morgan fingerprint density at radius 3 is 2.43 bits per heavy atom. The summed E-state index contributed by atoms with van der Waals surface area (Å²) in [4.78, 5) is 12.4. The van der Waals surface area contributed by atoms with Gasteiger partial charge < -0.3 is 30.5 Å². The normalized spacial score (nSPS) is 27.4. The van der Waals surface area contributed by atoms with E-state index in [1.807, 2.05) is 30.3 Å².